The van der Waals surface area contributed by atoms with Gasteiger partial charge in [0.05, 0.1) is 0 Å². The van der Waals surface area contributed by atoms with E-state index in [4.69, 9.17) is 0 Å². The molecule has 1 aliphatic carbocycles. The average Bonchev–Trinajstić information content (AvgIpc) is 2.66. The summed E-state index contributed by atoms with van der Waals surface area (Å²) in [5, 5.41) is 0. The van der Waals surface area contributed by atoms with Crippen LogP contribution in [-0.4, -0.2) is 37.6 Å². The van der Waals surface area contributed by atoms with Gasteiger partial charge in [0.25, 0.3) is 0 Å². The van der Waals surface area contributed by atoms with Gasteiger partial charge in [-0.3, -0.25) is 4.90 Å². The van der Waals surface area contributed by atoms with E-state index in [2.05, 4.69) is 59.7 Å². The summed E-state index contributed by atoms with van der Waals surface area (Å²) in [7, 11) is 0. The summed E-state index contributed by atoms with van der Waals surface area (Å²) in [5.74, 6) is 0.999. The Labute approximate surface area is 159 Å². The number of rotatable bonds is 6. The maximum absolute atomic E-state index is 4.68. The van der Waals surface area contributed by atoms with E-state index < -0.39 is 0 Å². The van der Waals surface area contributed by atoms with E-state index in [1.807, 2.05) is 0 Å². The van der Waals surface area contributed by atoms with E-state index in [9.17, 15) is 0 Å². The molecule has 1 saturated carbocycles. The molecule has 1 heterocycles. The summed E-state index contributed by atoms with van der Waals surface area (Å²) >= 11 is 4.68. The van der Waals surface area contributed by atoms with Crippen molar-refractivity contribution in [2.24, 2.45) is 5.92 Å². The minimum atomic E-state index is 0.999. The molecule has 2 aliphatic rings. The molecule has 1 aromatic carbocycles. The molecule has 1 saturated heterocycles. The van der Waals surface area contributed by atoms with Crippen LogP contribution in [0.1, 0.15) is 57.4 Å². The van der Waals surface area contributed by atoms with Crippen LogP contribution in [0.15, 0.2) is 29.2 Å². The van der Waals surface area contributed by atoms with Crippen LogP contribution < -0.4 is 4.90 Å². The molecule has 0 spiro atoms. The molecule has 0 amide bonds. The highest BCUT2D eigenvalue weighted by Crippen LogP contribution is 2.30. The molecule has 0 aromatic heterocycles. The zero-order valence-electron chi connectivity index (χ0n) is 15.8. The van der Waals surface area contributed by atoms with Crippen molar-refractivity contribution in [2.45, 2.75) is 56.8 Å². The van der Waals surface area contributed by atoms with Gasteiger partial charge in [-0.1, -0.05) is 57.2 Å². The molecule has 0 atom stereocenters. The van der Waals surface area contributed by atoms with Crippen LogP contribution >= 0.6 is 12.6 Å². The lowest BCUT2D eigenvalue weighted by Crippen LogP contribution is -2.47. The Hall–Kier alpha value is -0.930. The third-order valence-corrected chi connectivity index (χ3v) is 6.26. The predicted molar refractivity (Wildman–Crippen MR) is 113 cm³/mol. The quantitative estimate of drug-likeness (QED) is 0.672. The Bertz CT molecular complexity index is 555. The number of piperazine rings is 1. The van der Waals surface area contributed by atoms with Crippen molar-refractivity contribution in [3.05, 3.63) is 29.8 Å². The predicted octanol–water partition coefficient (Wildman–Crippen LogP) is 5.49. The first-order chi connectivity index (χ1) is 12.3. The van der Waals surface area contributed by atoms with E-state index in [0.29, 0.717) is 0 Å². The summed E-state index contributed by atoms with van der Waals surface area (Å²) in [6, 6.07) is 6.49. The van der Waals surface area contributed by atoms with Crippen LogP contribution in [-0.2, 0) is 0 Å². The summed E-state index contributed by atoms with van der Waals surface area (Å²) < 4.78 is 0. The zero-order valence-corrected chi connectivity index (χ0v) is 16.7. The molecule has 1 aliphatic heterocycles. The monoisotopic (exact) mass is 358 g/mol. The number of benzene rings is 1. The van der Waals surface area contributed by atoms with E-state index in [1.54, 1.807) is 0 Å². The SMILES string of the molecule is CC/C=C\c1c(S)cccc1N1CCN(CCC2CCCCC2)CC1. The summed E-state index contributed by atoms with van der Waals surface area (Å²) in [5.41, 5.74) is 2.63. The van der Waals surface area contributed by atoms with Gasteiger partial charge in [0.1, 0.15) is 0 Å². The maximum atomic E-state index is 4.68. The van der Waals surface area contributed by atoms with Crippen LogP contribution in [0.5, 0.6) is 0 Å². The van der Waals surface area contributed by atoms with Crippen molar-refractivity contribution >= 4 is 24.4 Å². The van der Waals surface area contributed by atoms with Gasteiger partial charge < -0.3 is 4.90 Å². The fraction of sp³-hybridized carbons (Fsp3) is 0.636. The second-order valence-corrected chi connectivity index (χ2v) is 8.12. The molecule has 3 heteroatoms. The van der Waals surface area contributed by atoms with Crippen molar-refractivity contribution in [3.63, 3.8) is 0 Å². The third-order valence-electron chi connectivity index (χ3n) is 5.87. The Morgan fingerprint density at radius 1 is 1.08 bits per heavy atom. The van der Waals surface area contributed by atoms with Gasteiger partial charge >= 0.3 is 0 Å². The van der Waals surface area contributed by atoms with Crippen LogP contribution in [0, 0.1) is 5.92 Å². The van der Waals surface area contributed by atoms with Crippen molar-refractivity contribution in [2.75, 3.05) is 37.6 Å². The van der Waals surface area contributed by atoms with Gasteiger partial charge in [-0.15, -0.1) is 12.6 Å². The summed E-state index contributed by atoms with van der Waals surface area (Å²) in [6.07, 6.45) is 14.3. The average molecular weight is 359 g/mol. The molecule has 2 fully saturated rings. The highest BCUT2D eigenvalue weighted by molar-refractivity contribution is 7.80. The van der Waals surface area contributed by atoms with Gasteiger partial charge in [0.15, 0.2) is 0 Å². The number of hydrogen-bond acceptors (Lipinski definition) is 3. The molecular formula is C22H34N2S. The first kappa shape index (κ1) is 18.8. The van der Waals surface area contributed by atoms with Crippen LogP contribution in [0.3, 0.4) is 0 Å². The second kappa shape index (κ2) is 9.68. The van der Waals surface area contributed by atoms with E-state index in [0.717, 1.165) is 30.3 Å². The van der Waals surface area contributed by atoms with Crippen molar-refractivity contribution in [1.82, 2.24) is 4.90 Å². The molecule has 0 radical (unpaired) electrons. The second-order valence-electron chi connectivity index (χ2n) is 7.64. The fourth-order valence-corrected chi connectivity index (χ4v) is 4.55. The molecule has 0 unspecified atom stereocenters. The molecule has 25 heavy (non-hydrogen) atoms. The summed E-state index contributed by atoms with van der Waals surface area (Å²) in [4.78, 5) is 6.31. The normalized spacial score (nSPS) is 20.5. The molecule has 1 aromatic rings. The molecule has 3 rings (SSSR count). The number of hydrogen-bond donors (Lipinski definition) is 1. The topological polar surface area (TPSA) is 6.48 Å². The molecule has 0 N–H and O–H groups in total. The highest BCUT2D eigenvalue weighted by atomic mass is 32.1. The van der Waals surface area contributed by atoms with Gasteiger partial charge in [-0.25, -0.2) is 0 Å². The van der Waals surface area contributed by atoms with Crippen molar-refractivity contribution < 1.29 is 0 Å². The standard InChI is InChI=1S/C22H34N2S/c1-2-3-10-20-21(11-7-12-22(20)25)24-17-15-23(16-18-24)14-13-19-8-5-4-6-9-19/h3,7,10-12,19,25H,2,4-6,8-9,13-18H2,1H3/b10-3-. The largest absolute Gasteiger partial charge is 0.368 e. The minimum absolute atomic E-state index is 0.999. The van der Waals surface area contributed by atoms with Gasteiger partial charge in [0.2, 0.25) is 0 Å². The van der Waals surface area contributed by atoms with Crippen LogP contribution in [0.2, 0.25) is 0 Å². The van der Waals surface area contributed by atoms with E-state index in [-0.39, 0.29) is 0 Å². The number of thiol groups is 1. The Kier molecular flexibility index (Phi) is 7.30. The van der Waals surface area contributed by atoms with E-state index >= 15 is 0 Å². The van der Waals surface area contributed by atoms with Crippen molar-refractivity contribution in [1.29, 1.82) is 0 Å². The highest BCUT2D eigenvalue weighted by Gasteiger charge is 2.21. The van der Waals surface area contributed by atoms with Gasteiger partial charge in [-0.05, 0) is 37.4 Å². The lowest BCUT2D eigenvalue weighted by molar-refractivity contribution is 0.221. The van der Waals surface area contributed by atoms with Crippen molar-refractivity contribution in [3.8, 4) is 0 Å². The lowest BCUT2D eigenvalue weighted by atomic mass is 9.87. The lowest BCUT2D eigenvalue weighted by Gasteiger charge is -2.37. The Morgan fingerprint density at radius 2 is 1.84 bits per heavy atom. The smallest absolute Gasteiger partial charge is 0.0451 e. The molecule has 138 valence electrons. The molecule has 0 bridgehead atoms. The molecule has 2 nitrogen and oxygen atoms in total. The number of allylic oxidation sites excluding steroid dienone is 1. The fourth-order valence-electron chi connectivity index (χ4n) is 4.28. The number of nitrogens with zero attached hydrogens (tertiary/aromatic N) is 2. The minimum Gasteiger partial charge on any atom is -0.368 e. The first-order valence-corrected chi connectivity index (χ1v) is 10.7. The maximum Gasteiger partial charge on any atom is 0.0451 e. The van der Waals surface area contributed by atoms with Crippen LogP contribution in [0.25, 0.3) is 6.08 Å². The Morgan fingerprint density at radius 3 is 2.56 bits per heavy atom. The third kappa shape index (κ3) is 5.27. The first-order valence-electron chi connectivity index (χ1n) is 10.2. The summed E-state index contributed by atoms with van der Waals surface area (Å²) in [6.45, 7) is 8.14. The van der Waals surface area contributed by atoms with Gasteiger partial charge in [-0.2, -0.15) is 0 Å². The Balaban J connectivity index is 1.53. The zero-order chi connectivity index (χ0) is 17.5. The molecular weight excluding hydrogens is 324 g/mol. The van der Waals surface area contributed by atoms with Gasteiger partial charge in [0, 0.05) is 42.3 Å². The van der Waals surface area contributed by atoms with E-state index in [1.165, 1.54) is 69.4 Å². The number of anilines is 1. The van der Waals surface area contributed by atoms with Crippen LogP contribution in [0.4, 0.5) is 5.69 Å².